The third-order valence-electron chi connectivity index (χ3n) is 4.75. The highest BCUT2D eigenvalue weighted by molar-refractivity contribution is 4.84. The van der Waals surface area contributed by atoms with Gasteiger partial charge in [-0.25, -0.2) is 0 Å². The van der Waals surface area contributed by atoms with E-state index < -0.39 is 0 Å². The zero-order chi connectivity index (χ0) is 11.4. The molecule has 2 aliphatic rings. The van der Waals surface area contributed by atoms with Gasteiger partial charge in [-0.3, -0.25) is 0 Å². The van der Waals surface area contributed by atoms with Crippen LogP contribution in [-0.4, -0.2) is 37.6 Å². The van der Waals surface area contributed by atoms with Gasteiger partial charge in [0.1, 0.15) is 0 Å². The smallest absolute Gasteiger partial charge is 0.0189 e. The molecule has 0 aromatic rings. The van der Waals surface area contributed by atoms with Crippen LogP contribution in [0.3, 0.4) is 0 Å². The van der Waals surface area contributed by atoms with Gasteiger partial charge < -0.3 is 10.2 Å². The second-order valence-corrected chi connectivity index (χ2v) is 5.75. The largest absolute Gasteiger partial charge is 0.316 e. The molecule has 0 aromatic heterocycles. The van der Waals surface area contributed by atoms with Crippen molar-refractivity contribution in [1.29, 1.82) is 0 Å². The Balaban J connectivity index is 1.80. The van der Waals surface area contributed by atoms with Crippen LogP contribution in [0, 0.1) is 11.8 Å². The number of nitrogens with zero attached hydrogens (tertiary/aromatic N) is 1. The van der Waals surface area contributed by atoms with Crippen LogP contribution in [0.5, 0.6) is 0 Å². The second kappa shape index (κ2) is 6.02. The summed E-state index contributed by atoms with van der Waals surface area (Å²) < 4.78 is 0. The third-order valence-corrected chi connectivity index (χ3v) is 4.75. The normalized spacial score (nSPS) is 33.4. The summed E-state index contributed by atoms with van der Waals surface area (Å²) in [6.07, 6.45) is 8.71. The summed E-state index contributed by atoms with van der Waals surface area (Å²) in [5.41, 5.74) is 0. The fraction of sp³-hybridized carbons (Fsp3) is 1.00. The average molecular weight is 224 g/mol. The van der Waals surface area contributed by atoms with Crippen molar-refractivity contribution in [3.8, 4) is 0 Å². The van der Waals surface area contributed by atoms with E-state index >= 15 is 0 Å². The van der Waals surface area contributed by atoms with E-state index in [2.05, 4.69) is 24.2 Å². The summed E-state index contributed by atoms with van der Waals surface area (Å²) in [5.74, 6) is 2.09. The molecule has 0 bridgehead atoms. The molecule has 0 radical (unpaired) electrons. The van der Waals surface area contributed by atoms with Crippen molar-refractivity contribution in [1.82, 2.24) is 10.2 Å². The molecule has 94 valence electrons. The third kappa shape index (κ3) is 2.98. The molecular formula is C14H28N2. The first-order valence-corrected chi connectivity index (χ1v) is 7.23. The molecule has 2 heteroatoms. The maximum absolute atomic E-state index is 3.43. The Morgan fingerprint density at radius 2 is 1.94 bits per heavy atom. The van der Waals surface area contributed by atoms with Crippen LogP contribution in [-0.2, 0) is 0 Å². The first-order valence-electron chi connectivity index (χ1n) is 7.23. The molecule has 3 unspecified atom stereocenters. The van der Waals surface area contributed by atoms with Crippen LogP contribution < -0.4 is 5.32 Å². The Hall–Kier alpha value is -0.0800. The minimum Gasteiger partial charge on any atom is -0.316 e. The predicted molar refractivity (Wildman–Crippen MR) is 69.6 cm³/mol. The van der Waals surface area contributed by atoms with Crippen molar-refractivity contribution in [2.24, 2.45) is 11.8 Å². The number of hydrogen-bond acceptors (Lipinski definition) is 2. The lowest BCUT2D eigenvalue weighted by atomic mass is 9.75. The molecule has 1 aliphatic carbocycles. The maximum atomic E-state index is 3.43. The number of nitrogens with one attached hydrogen (secondary N) is 1. The van der Waals surface area contributed by atoms with Gasteiger partial charge in [-0.15, -0.1) is 0 Å². The van der Waals surface area contributed by atoms with Gasteiger partial charge in [0.05, 0.1) is 0 Å². The van der Waals surface area contributed by atoms with Gasteiger partial charge in [-0.05, 0) is 44.7 Å². The molecule has 0 spiro atoms. The highest BCUT2D eigenvalue weighted by Crippen LogP contribution is 2.35. The zero-order valence-corrected chi connectivity index (χ0v) is 11.0. The Kier molecular flexibility index (Phi) is 4.66. The predicted octanol–water partition coefficient (Wildman–Crippen LogP) is 2.50. The first kappa shape index (κ1) is 12.4. The lowest BCUT2D eigenvalue weighted by Crippen LogP contribution is -2.47. The molecule has 1 N–H and O–H groups in total. The molecular weight excluding hydrogens is 196 g/mol. The molecule has 1 heterocycles. The lowest BCUT2D eigenvalue weighted by Gasteiger charge is -2.42. The maximum Gasteiger partial charge on any atom is 0.0189 e. The van der Waals surface area contributed by atoms with E-state index in [-0.39, 0.29) is 0 Å². The van der Waals surface area contributed by atoms with Gasteiger partial charge in [0.15, 0.2) is 0 Å². The fourth-order valence-electron chi connectivity index (χ4n) is 3.58. The van der Waals surface area contributed by atoms with Crippen molar-refractivity contribution < 1.29 is 0 Å². The van der Waals surface area contributed by atoms with Crippen LogP contribution in [0.15, 0.2) is 0 Å². The summed E-state index contributed by atoms with van der Waals surface area (Å²) in [7, 11) is 2.10. The van der Waals surface area contributed by atoms with Crippen LogP contribution in [0.25, 0.3) is 0 Å². The second-order valence-electron chi connectivity index (χ2n) is 5.75. The Bertz CT molecular complexity index is 201. The van der Waals surface area contributed by atoms with Gasteiger partial charge in [0, 0.05) is 19.1 Å². The van der Waals surface area contributed by atoms with Crippen LogP contribution in [0.2, 0.25) is 0 Å². The standard InChI is InChI=1S/C14H28N2/c1-3-14(15-2)11-16-9-8-12-6-4-5-7-13(12)10-16/h12-15H,3-11H2,1-2H3. The van der Waals surface area contributed by atoms with Crippen LogP contribution in [0.1, 0.15) is 45.4 Å². The first-order chi connectivity index (χ1) is 7.83. The van der Waals surface area contributed by atoms with E-state index in [0.29, 0.717) is 6.04 Å². The summed E-state index contributed by atoms with van der Waals surface area (Å²) in [6.45, 7) is 6.27. The van der Waals surface area contributed by atoms with E-state index in [1.54, 1.807) is 0 Å². The Morgan fingerprint density at radius 1 is 1.19 bits per heavy atom. The molecule has 1 saturated heterocycles. The summed E-state index contributed by atoms with van der Waals surface area (Å²) in [5, 5.41) is 3.43. The van der Waals surface area contributed by atoms with Crippen LogP contribution >= 0.6 is 0 Å². The van der Waals surface area contributed by atoms with E-state index in [0.717, 1.165) is 11.8 Å². The van der Waals surface area contributed by atoms with Crippen molar-refractivity contribution in [3.05, 3.63) is 0 Å². The molecule has 16 heavy (non-hydrogen) atoms. The highest BCUT2D eigenvalue weighted by atomic mass is 15.2. The molecule has 1 saturated carbocycles. The summed E-state index contributed by atoms with van der Waals surface area (Å²) in [4.78, 5) is 2.71. The van der Waals surface area contributed by atoms with Crippen molar-refractivity contribution in [2.75, 3.05) is 26.7 Å². The van der Waals surface area contributed by atoms with Gasteiger partial charge in [-0.1, -0.05) is 26.2 Å². The number of hydrogen-bond donors (Lipinski definition) is 1. The Morgan fingerprint density at radius 3 is 2.62 bits per heavy atom. The number of likely N-dealkylation sites (tertiary alicyclic amines) is 1. The SMILES string of the molecule is CCC(CN1CCC2CCCCC2C1)NC. The topological polar surface area (TPSA) is 15.3 Å². The van der Waals surface area contributed by atoms with Gasteiger partial charge in [0.2, 0.25) is 0 Å². The summed E-state index contributed by atoms with van der Waals surface area (Å²) >= 11 is 0. The number of likely N-dealkylation sites (N-methyl/N-ethyl adjacent to an activating group) is 1. The van der Waals surface area contributed by atoms with Crippen molar-refractivity contribution in [2.45, 2.75) is 51.5 Å². The molecule has 2 rings (SSSR count). The lowest BCUT2D eigenvalue weighted by molar-refractivity contribution is 0.0801. The number of fused-ring (bicyclic) bond motifs is 1. The molecule has 1 aliphatic heterocycles. The minimum atomic E-state index is 0.695. The highest BCUT2D eigenvalue weighted by Gasteiger charge is 2.31. The minimum absolute atomic E-state index is 0.695. The van der Waals surface area contributed by atoms with E-state index in [9.17, 15) is 0 Å². The molecule has 2 nitrogen and oxygen atoms in total. The molecule has 0 aromatic carbocycles. The van der Waals surface area contributed by atoms with Gasteiger partial charge in [0.25, 0.3) is 0 Å². The number of piperidine rings is 1. The van der Waals surface area contributed by atoms with Gasteiger partial charge in [-0.2, -0.15) is 0 Å². The van der Waals surface area contributed by atoms with Crippen LogP contribution in [0.4, 0.5) is 0 Å². The number of rotatable bonds is 4. The molecule has 0 amide bonds. The van der Waals surface area contributed by atoms with Crippen molar-refractivity contribution >= 4 is 0 Å². The quantitative estimate of drug-likeness (QED) is 0.789. The van der Waals surface area contributed by atoms with Gasteiger partial charge >= 0.3 is 0 Å². The molecule has 3 atom stereocenters. The zero-order valence-electron chi connectivity index (χ0n) is 11.0. The Labute approximate surface area is 101 Å². The van der Waals surface area contributed by atoms with E-state index in [4.69, 9.17) is 0 Å². The van der Waals surface area contributed by atoms with Crippen molar-refractivity contribution in [3.63, 3.8) is 0 Å². The van der Waals surface area contributed by atoms with E-state index in [1.807, 2.05) is 0 Å². The monoisotopic (exact) mass is 224 g/mol. The average Bonchev–Trinajstić information content (AvgIpc) is 2.35. The fourth-order valence-corrected chi connectivity index (χ4v) is 3.58. The summed E-state index contributed by atoms with van der Waals surface area (Å²) in [6, 6.07) is 0.695. The molecule has 2 fully saturated rings. The van der Waals surface area contributed by atoms with E-state index in [1.165, 1.54) is 58.2 Å².